The van der Waals surface area contributed by atoms with Crippen molar-refractivity contribution < 1.29 is 9.21 Å². The van der Waals surface area contributed by atoms with Gasteiger partial charge in [0.1, 0.15) is 0 Å². The third-order valence-corrected chi connectivity index (χ3v) is 4.01. The molecule has 1 amide bonds. The number of halogens is 1. The standard InChI is InChI=1S/C15H12ClN3O2S/c1-9-4-5-10(16)7-11(9)18-13(20)8-22-15-19-14-12(21-15)3-2-6-17-14/h2-7H,8H2,1H3,(H,18,20). The first-order valence-corrected chi connectivity index (χ1v) is 7.88. The third kappa shape index (κ3) is 3.40. The largest absolute Gasteiger partial charge is 0.430 e. The van der Waals surface area contributed by atoms with E-state index in [0.717, 1.165) is 5.56 Å². The summed E-state index contributed by atoms with van der Waals surface area (Å²) in [7, 11) is 0. The van der Waals surface area contributed by atoms with Gasteiger partial charge in [-0.1, -0.05) is 29.4 Å². The normalized spacial score (nSPS) is 10.8. The van der Waals surface area contributed by atoms with E-state index in [-0.39, 0.29) is 11.7 Å². The average Bonchev–Trinajstić information content (AvgIpc) is 2.92. The molecule has 0 bridgehead atoms. The summed E-state index contributed by atoms with van der Waals surface area (Å²) in [5.74, 6) is 0.0456. The summed E-state index contributed by atoms with van der Waals surface area (Å²) in [5, 5.41) is 3.83. The molecule has 0 saturated heterocycles. The Kier molecular flexibility index (Phi) is 4.31. The molecule has 0 atom stereocenters. The molecule has 7 heteroatoms. The quantitative estimate of drug-likeness (QED) is 0.733. The van der Waals surface area contributed by atoms with Crippen molar-refractivity contribution in [3.63, 3.8) is 0 Å². The highest BCUT2D eigenvalue weighted by Crippen LogP contribution is 2.23. The van der Waals surface area contributed by atoms with Gasteiger partial charge in [-0.3, -0.25) is 4.79 Å². The molecule has 2 heterocycles. The maximum Gasteiger partial charge on any atom is 0.258 e. The van der Waals surface area contributed by atoms with Gasteiger partial charge in [-0.15, -0.1) is 0 Å². The van der Waals surface area contributed by atoms with Crippen LogP contribution in [0.2, 0.25) is 5.02 Å². The van der Waals surface area contributed by atoms with Gasteiger partial charge in [0.2, 0.25) is 5.91 Å². The van der Waals surface area contributed by atoms with Crippen LogP contribution in [0.1, 0.15) is 5.56 Å². The maximum absolute atomic E-state index is 12.0. The zero-order valence-corrected chi connectivity index (χ0v) is 13.2. The van der Waals surface area contributed by atoms with Crippen LogP contribution in [0.25, 0.3) is 11.2 Å². The number of rotatable bonds is 4. The van der Waals surface area contributed by atoms with E-state index < -0.39 is 0 Å². The molecule has 5 nitrogen and oxygen atoms in total. The number of hydrogen-bond donors (Lipinski definition) is 1. The first-order valence-electron chi connectivity index (χ1n) is 6.52. The molecule has 0 aliphatic heterocycles. The fourth-order valence-corrected chi connectivity index (χ4v) is 2.65. The number of benzene rings is 1. The first-order chi connectivity index (χ1) is 10.6. The van der Waals surface area contributed by atoms with Gasteiger partial charge in [0.05, 0.1) is 5.75 Å². The summed E-state index contributed by atoms with van der Waals surface area (Å²) in [6, 6.07) is 8.93. The minimum atomic E-state index is -0.148. The number of carbonyl (C=O) groups is 1. The Morgan fingerprint density at radius 1 is 1.41 bits per heavy atom. The van der Waals surface area contributed by atoms with E-state index in [1.165, 1.54) is 11.8 Å². The molecule has 1 N–H and O–H groups in total. The van der Waals surface area contributed by atoms with Crippen LogP contribution in [-0.2, 0) is 4.79 Å². The van der Waals surface area contributed by atoms with E-state index in [0.29, 0.717) is 27.2 Å². The van der Waals surface area contributed by atoms with Crippen LogP contribution in [0.3, 0.4) is 0 Å². The summed E-state index contributed by atoms with van der Waals surface area (Å²) in [5.41, 5.74) is 2.80. The molecule has 3 aromatic rings. The summed E-state index contributed by atoms with van der Waals surface area (Å²) in [6.07, 6.45) is 1.65. The monoisotopic (exact) mass is 333 g/mol. The Morgan fingerprint density at radius 3 is 3.09 bits per heavy atom. The van der Waals surface area contributed by atoms with Crippen LogP contribution < -0.4 is 5.32 Å². The fourth-order valence-electron chi connectivity index (χ4n) is 1.85. The summed E-state index contributed by atoms with van der Waals surface area (Å²) in [4.78, 5) is 20.3. The molecule has 0 saturated carbocycles. The second-order valence-electron chi connectivity index (χ2n) is 4.60. The van der Waals surface area contributed by atoms with Gasteiger partial charge in [-0.05, 0) is 36.8 Å². The highest BCUT2D eigenvalue weighted by atomic mass is 35.5. The number of amides is 1. The molecule has 0 aliphatic carbocycles. The second-order valence-corrected chi connectivity index (χ2v) is 5.96. The minimum Gasteiger partial charge on any atom is -0.430 e. The Balaban J connectivity index is 1.63. The van der Waals surface area contributed by atoms with Gasteiger partial charge in [-0.25, -0.2) is 4.98 Å². The molecule has 22 heavy (non-hydrogen) atoms. The smallest absolute Gasteiger partial charge is 0.258 e. The summed E-state index contributed by atoms with van der Waals surface area (Å²) in [6.45, 7) is 1.91. The number of thioether (sulfide) groups is 1. The first kappa shape index (κ1) is 14.9. The number of aryl methyl sites for hydroxylation is 1. The molecule has 1 aromatic carbocycles. The minimum absolute atomic E-state index is 0.148. The molecular weight excluding hydrogens is 322 g/mol. The van der Waals surface area contributed by atoms with E-state index in [2.05, 4.69) is 15.3 Å². The highest BCUT2D eigenvalue weighted by molar-refractivity contribution is 7.99. The Labute approximate surface area is 136 Å². The van der Waals surface area contributed by atoms with Crippen molar-refractivity contribution in [2.75, 3.05) is 11.1 Å². The number of anilines is 1. The predicted molar refractivity (Wildman–Crippen MR) is 87.3 cm³/mol. The van der Waals surface area contributed by atoms with Crippen molar-refractivity contribution in [2.45, 2.75) is 12.1 Å². The lowest BCUT2D eigenvalue weighted by Crippen LogP contribution is -2.14. The van der Waals surface area contributed by atoms with Crippen molar-refractivity contribution in [3.8, 4) is 0 Å². The molecular formula is C15H12ClN3O2S. The van der Waals surface area contributed by atoms with Crippen molar-refractivity contribution in [2.24, 2.45) is 0 Å². The Bertz CT molecular complexity index is 802. The maximum atomic E-state index is 12.0. The Morgan fingerprint density at radius 2 is 2.27 bits per heavy atom. The third-order valence-electron chi connectivity index (χ3n) is 2.95. The molecule has 2 aromatic heterocycles. The summed E-state index contributed by atoms with van der Waals surface area (Å²) >= 11 is 7.15. The zero-order chi connectivity index (χ0) is 15.5. The van der Waals surface area contributed by atoms with E-state index in [4.69, 9.17) is 16.0 Å². The molecule has 0 unspecified atom stereocenters. The molecule has 0 radical (unpaired) electrons. The van der Waals surface area contributed by atoms with Gasteiger partial charge in [0.15, 0.2) is 11.2 Å². The van der Waals surface area contributed by atoms with Crippen molar-refractivity contribution >= 4 is 46.2 Å². The number of nitrogens with zero attached hydrogens (tertiary/aromatic N) is 2. The van der Waals surface area contributed by atoms with E-state index in [1.807, 2.05) is 13.0 Å². The van der Waals surface area contributed by atoms with Gasteiger partial charge >= 0.3 is 0 Å². The predicted octanol–water partition coefficient (Wildman–Crippen LogP) is 3.92. The number of fused-ring (bicyclic) bond motifs is 1. The van der Waals surface area contributed by atoms with Crippen molar-refractivity contribution in [1.82, 2.24) is 9.97 Å². The molecule has 3 rings (SSSR count). The molecule has 0 spiro atoms. The van der Waals surface area contributed by atoms with Crippen LogP contribution in [0.4, 0.5) is 5.69 Å². The van der Waals surface area contributed by atoms with Crippen LogP contribution in [-0.4, -0.2) is 21.6 Å². The van der Waals surface area contributed by atoms with Gasteiger partial charge < -0.3 is 9.73 Å². The van der Waals surface area contributed by atoms with Crippen LogP contribution >= 0.6 is 23.4 Å². The Hall–Kier alpha value is -2.05. The molecule has 112 valence electrons. The van der Waals surface area contributed by atoms with Gasteiger partial charge in [0, 0.05) is 16.9 Å². The van der Waals surface area contributed by atoms with Crippen LogP contribution in [0.15, 0.2) is 46.2 Å². The van der Waals surface area contributed by atoms with Crippen LogP contribution in [0.5, 0.6) is 0 Å². The lowest BCUT2D eigenvalue weighted by Gasteiger charge is -2.07. The topological polar surface area (TPSA) is 68.0 Å². The second kappa shape index (κ2) is 6.37. The number of hydrogen-bond acceptors (Lipinski definition) is 5. The zero-order valence-electron chi connectivity index (χ0n) is 11.7. The van der Waals surface area contributed by atoms with E-state index in [9.17, 15) is 4.79 Å². The van der Waals surface area contributed by atoms with Crippen molar-refractivity contribution in [3.05, 3.63) is 47.1 Å². The van der Waals surface area contributed by atoms with Gasteiger partial charge in [-0.2, -0.15) is 4.98 Å². The van der Waals surface area contributed by atoms with E-state index >= 15 is 0 Å². The lowest BCUT2D eigenvalue weighted by atomic mass is 10.2. The summed E-state index contributed by atoms with van der Waals surface area (Å²) < 4.78 is 5.50. The van der Waals surface area contributed by atoms with Crippen molar-refractivity contribution in [1.29, 1.82) is 0 Å². The average molecular weight is 334 g/mol. The number of aromatic nitrogens is 2. The van der Waals surface area contributed by atoms with Crippen LogP contribution in [0, 0.1) is 6.92 Å². The van der Waals surface area contributed by atoms with Gasteiger partial charge in [0.25, 0.3) is 5.22 Å². The molecule has 0 fully saturated rings. The number of oxazole rings is 1. The number of carbonyl (C=O) groups excluding carboxylic acids is 1. The fraction of sp³-hybridized carbons (Fsp3) is 0.133. The number of nitrogens with one attached hydrogen (secondary N) is 1. The number of pyridine rings is 1. The molecule has 0 aliphatic rings. The van der Waals surface area contributed by atoms with E-state index in [1.54, 1.807) is 30.5 Å². The lowest BCUT2D eigenvalue weighted by molar-refractivity contribution is -0.113. The highest BCUT2D eigenvalue weighted by Gasteiger charge is 2.11. The SMILES string of the molecule is Cc1ccc(Cl)cc1NC(=O)CSc1nc2ncccc2o1.